The quantitative estimate of drug-likeness (QED) is 0.461. The average Bonchev–Trinajstić information content (AvgIpc) is 2.83. The first-order valence-corrected chi connectivity index (χ1v) is 6.70. The summed E-state index contributed by atoms with van der Waals surface area (Å²) in [6.07, 6.45) is 0. The molecule has 0 unspecified atom stereocenters. The summed E-state index contributed by atoms with van der Waals surface area (Å²) in [4.78, 5) is 0. The molecule has 0 nitrogen and oxygen atoms in total. The van der Waals surface area contributed by atoms with Crippen molar-refractivity contribution < 1.29 is 4.39 Å². The first kappa shape index (κ1) is 11.4. The lowest BCUT2D eigenvalue weighted by Crippen LogP contribution is -1.99. The van der Waals surface area contributed by atoms with E-state index in [-0.39, 0.29) is 11.7 Å². The third kappa shape index (κ3) is 1.60. The molecular formula is C19H12F. The number of rotatable bonds is 1. The predicted molar refractivity (Wildman–Crippen MR) is 78.1 cm³/mol. The van der Waals surface area contributed by atoms with Crippen molar-refractivity contribution in [1.82, 2.24) is 0 Å². The van der Waals surface area contributed by atoms with Gasteiger partial charge in [0, 0.05) is 12.0 Å². The van der Waals surface area contributed by atoms with E-state index in [2.05, 4.69) is 54.6 Å². The minimum atomic E-state index is -0.312. The van der Waals surface area contributed by atoms with Gasteiger partial charge in [-0.25, -0.2) is 4.39 Å². The fourth-order valence-electron chi connectivity index (χ4n) is 3.11. The van der Waals surface area contributed by atoms with Crippen molar-refractivity contribution in [3.8, 4) is 11.1 Å². The molecule has 0 bridgehead atoms. The molecule has 0 saturated heterocycles. The fraction of sp³-hybridized carbons (Fsp3) is 0.0526. The summed E-state index contributed by atoms with van der Waals surface area (Å²) in [5.41, 5.74) is 6.21. The minimum Gasteiger partial charge on any atom is -0.206 e. The summed E-state index contributed by atoms with van der Waals surface area (Å²) >= 11 is 0. The van der Waals surface area contributed by atoms with Gasteiger partial charge in [-0.05, 0) is 39.9 Å². The lowest BCUT2D eigenvalue weighted by molar-refractivity contribution is 0.624. The largest absolute Gasteiger partial charge is 0.206 e. The zero-order valence-corrected chi connectivity index (χ0v) is 10.8. The molecule has 0 saturated carbocycles. The van der Waals surface area contributed by atoms with Gasteiger partial charge in [-0.2, -0.15) is 0 Å². The number of fused-ring (bicyclic) bond motifs is 3. The van der Waals surface area contributed by atoms with Crippen molar-refractivity contribution in [1.29, 1.82) is 0 Å². The summed E-state index contributed by atoms with van der Waals surface area (Å²) in [7, 11) is 0. The van der Waals surface area contributed by atoms with Crippen LogP contribution in [0.2, 0.25) is 0 Å². The van der Waals surface area contributed by atoms with E-state index in [0.29, 0.717) is 0 Å². The van der Waals surface area contributed by atoms with Gasteiger partial charge in [0.15, 0.2) is 0 Å². The van der Waals surface area contributed by atoms with Crippen LogP contribution in [-0.2, 0) is 0 Å². The van der Waals surface area contributed by atoms with Crippen LogP contribution in [0.3, 0.4) is 0 Å². The minimum absolute atomic E-state index is 0.180. The molecule has 0 N–H and O–H groups in total. The molecule has 1 aliphatic rings. The van der Waals surface area contributed by atoms with E-state index >= 15 is 0 Å². The van der Waals surface area contributed by atoms with Crippen LogP contribution in [-0.4, -0.2) is 0 Å². The van der Waals surface area contributed by atoms with Gasteiger partial charge in [0.2, 0.25) is 0 Å². The lowest BCUT2D eigenvalue weighted by Gasteiger charge is -2.13. The number of halogens is 1. The number of hydrogen-bond donors (Lipinski definition) is 0. The maximum atomic E-state index is 13.1. The van der Waals surface area contributed by atoms with Gasteiger partial charge in [-0.1, -0.05) is 54.6 Å². The maximum absolute atomic E-state index is 13.1. The van der Waals surface area contributed by atoms with Gasteiger partial charge in [0.25, 0.3) is 0 Å². The maximum Gasteiger partial charge on any atom is 0.131 e. The van der Waals surface area contributed by atoms with Crippen LogP contribution in [0, 0.1) is 11.9 Å². The topological polar surface area (TPSA) is 0 Å². The van der Waals surface area contributed by atoms with Crippen molar-refractivity contribution in [2.24, 2.45) is 0 Å². The zero-order valence-electron chi connectivity index (χ0n) is 10.8. The van der Waals surface area contributed by atoms with Crippen molar-refractivity contribution in [2.45, 2.75) is 5.92 Å². The standard InChI is InChI=1S/C19H12F/c20-14-11-9-13(10-12-14)19-17-7-3-1-5-15(17)16-6-2-4-8-18(16)19/h1-11,19H. The molecule has 0 fully saturated rings. The lowest BCUT2D eigenvalue weighted by atomic mass is 9.89. The Balaban J connectivity index is 1.97. The van der Waals surface area contributed by atoms with Crippen molar-refractivity contribution in [2.75, 3.05) is 0 Å². The van der Waals surface area contributed by atoms with E-state index in [1.807, 2.05) is 6.07 Å². The highest BCUT2D eigenvalue weighted by Gasteiger charge is 2.28. The van der Waals surface area contributed by atoms with Crippen LogP contribution in [0.25, 0.3) is 11.1 Å². The molecule has 1 aliphatic carbocycles. The number of hydrogen-bond acceptors (Lipinski definition) is 0. The van der Waals surface area contributed by atoms with Crippen LogP contribution >= 0.6 is 0 Å². The van der Waals surface area contributed by atoms with Gasteiger partial charge in [0.1, 0.15) is 5.82 Å². The third-order valence-corrected chi connectivity index (χ3v) is 3.97. The zero-order chi connectivity index (χ0) is 13.5. The van der Waals surface area contributed by atoms with Crippen molar-refractivity contribution in [3.05, 3.63) is 95.3 Å². The molecule has 0 heterocycles. The van der Waals surface area contributed by atoms with Crippen molar-refractivity contribution >= 4 is 0 Å². The second-order valence-electron chi connectivity index (χ2n) is 5.08. The van der Waals surface area contributed by atoms with Gasteiger partial charge in [-0.15, -0.1) is 0 Å². The Kier molecular flexibility index (Phi) is 2.46. The van der Waals surface area contributed by atoms with Gasteiger partial charge >= 0.3 is 0 Å². The highest BCUT2D eigenvalue weighted by Crippen LogP contribution is 2.47. The van der Waals surface area contributed by atoms with Gasteiger partial charge < -0.3 is 0 Å². The molecule has 3 aromatic rings. The van der Waals surface area contributed by atoms with E-state index in [0.717, 1.165) is 5.56 Å². The second kappa shape index (κ2) is 4.31. The summed E-state index contributed by atoms with van der Waals surface area (Å²) in [5.74, 6) is -0.132. The second-order valence-corrected chi connectivity index (χ2v) is 5.08. The Morgan fingerprint density at radius 2 is 1.35 bits per heavy atom. The van der Waals surface area contributed by atoms with E-state index in [4.69, 9.17) is 0 Å². The van der Waals surface area contributed by atoms with E-state index in [1.54, 1.807) is 6.07 Å². The molecule has 0 amide bonds. The van der Waals surface area contributed by atoms with E-state index in [1.165, 1.54) is 28.3 Å². The molecule has 0 atom stereocenters. The first-order valence-electron chi connectivity index (χ1n) is 6.70. The average molecular weight is 259 g/mol. The van der Waals surface area contributed by atoms with Crippen molar-refractivity contribution in [3.63, 3.8) is 0 Å². The Labute approximate surface area is 117 Å². The highest BCUT2D eigenvalue weighted by molar-refractivity contribution is 5.80. The van der Waals surface area contributed by atoms with Gasteiger partial charge in [-0.3, -0.25) is 0 Å². The van der Waals surface area contributed by atoms with Crippen LogP contribution in [0.15, 0.2) is 66.7 Å². The molecule has 3 aromatic carbocycles. The van der Waals surface area contributed by atoms with Crippen LogP contribution in [0.4, 0.5) is 4.39 Å². The molecule has 95 valence electrons. The van der Waals surface area contributed by atoms with Crippen LogP contribution < -0.4 is 0 Å². The number of benzene rings is 3. The van der Waals surface area contributed by atoms with E-state index < -0.39 is 0 Å². The summed E-state index contributed by atoms with van der Waals surface area (Å²) in [6, 6.07) is 24.6. The smallest absolute Gasteiger partial charge is 0.131 e. The summed E-state index contributed by atoms with van der Waals surface area (Å²) < 4.78 is 13.1. The summed E-state index contributed by atoms with van der Waals surface area (Å²) in [6.45, 7) is 0. The molecule has 0 spiro atoms. The summed E-state index contributed by atoms with van der Waals surface area (Å²) in [5, 5.41) is 0. The fourth-order valence-corrected chi connectivity index (χ4v) is 3.11. The van der Waals surface area contributed by atoms with E-state index in [9.17, 15) is 4.39 Å². The van der Waals surface area contributed by atoms with Crippen LogP contribution in [0.5, 0.6) is 0 Å². The monoisotopic (exact) mass is 259 g/mol. The predicted octanol–water partition coefficient (Wildman–Crippen LogP) is 4.79. The Morgan fingerprint density at radius 1 is 0.750 bits per heavy atom. The molecule has 4 rings (SSSR count). The Hall–Kier alpha value is -2.41. The van der Waals surface area contributed by atoms with Crippen LogP contribution in [0.1, 0.15) is 22.6 Å². The molecule has 0 aromatic heterocycles. The normalized spacial score (nSPS) is 13.1. The highest BCUT2D eigenvalue weighted by atomic mass is 19.1. The molecular weight excluding hydrogens is 247 g/mol. The first-order chi connectivity index (χ1) is 9.84. The molecule has 0 aliphatic heterocycles. The Bertz CT molecular complexity index is 726. The third-order valence-electron chi connectivity index (χ3n) is 3.97. The molecule has 20 heavy (non-hydrogen) atoms. The Morgan fingerprint density at radius 3 is 1.90 bits per heavy atom. The molecule has 1 radical (unpaired) electrons. The SMILES string of the molecule is Fc1[c]cc(C2c3ccccc3-c3ccccc32)cc1. The van der Waals surface area contributed by atoms with Gasteiger partial charge in [0.05, 0.1) is 0 Å². The molecule has 1 heteroatoms.